The van der Waals surface area contributed by atoms with Crippen LogP contribution in [0.5, 0.6) is 5.75 Å². The summed E-state index contributed by atoms with van der Waals surface area (Å²) in [6.45, 7) is 0.767. The van der Waals surface area contributed by atoms with E-state index in [1.54, 1.807) is 13.4 Å². The summed E-state index contributed by atoms with van der Waals surface area (Å²) in [4.78, 5) is 4.48. The number of nitrogens with zero attached hydrogens (tertiary/aromatic N) is 1. The highest BCUT2D eigenvalue weighted by molar-refractivity contribution is 5.62. The highest BCUT2D eigenvalue weighted by Gasteiger charge is 2.20. The molecule has 0 saturated heterocycles. The number of ether oxygens (including phenoxy) is 1. The van der Waals surface area contributed by atoms with Crippen molar-refractivity contribution < 1.29 is 9.15 Å². The third-order valence-electron chi connectivity index (χ3n) is 3.04. The van der Waals surface area contributed by atoms with Crippen LogP contribution in [0, 0.1) is 0 Å². The number of para-hydroxylation sites is 1. The van der Waals surface area contributed by atoms with Gasteiger partial charge in [0.05, 0.1) is 18.4 Å². The van der Waals surface area contributed by atoms with Crippen molar-refractivity contribution in [2.45, 2.75) is 25.4 Å². The number of rotatable bonds is 5. The van der Waals surface area contributed by atoms with E-state index in [1.165, 1.54) is 12.8 Å². The molecule has 4 nitrogen and oxygen atoms in total. The van der Waals surface area contributed by atoms with Gasteiger partial charge in [0, 0.05) is 12.6 Å². The van der Waals surface area contributed by atoms with Gasteiger partial charge in [-0.3, -0.25) is 0 Å². The molecule has 0 radical (unpaired) electrons. The van der Waals surface area contributed by atoms with Crippen LogP contribution in [0.2, 0.25) is 0 Å². The molecule has 1 heterocycles. The van der Waals surface area contributed by atoms with E-state index in [9.17, 15) is 0 Å². The van der Waals surface area contributed by atoms with Crippen molar-refractivity contribution in [3.63, 3.8) is 0 Å². The second-order valence-electron chi connectivity index (χ2n) is 4.50. The van der Waals surface area contributed by atoms with E-state index in [2.05, 4.69) is 10.3 Å². The summed E-state index contributed by atoms with van der Waals surface area (Å²) in [5.74, 6) is 1.39. The summed E-state index contributed by atoms with van der Waals surface area (Å²) >= 11 is 0. The average Bonchev–Trinajstić information content (AvgIpc) is 3.13. The third-order valence-corrected chi connectivity index (χ3v) is 3.04. The minimum absolute atomic E-state index is 0.611. The fourth-order valence-corrected chi connectivity index (χ4v) is 1.87. The molecule has 1 aliphatic carbocycles. The van der Waals surface area contributed by atoms with Crippen LogP contribution >= 0.6 is 0 Å². The lowest BCUT2D eigenvalue weighted by Gasteiger charge is -2.03. The molecule has 1 fully saturated rings. The molecule has 0 aliphatic heterocycles. The van der Waals surface area contributed by atoms with Gasteiger partial charge in [-0.1, -0.05) is 12.1 Å². The Hall–Kier alpha value is -1.81. The highest BCUT2D eigenvalue weighted by atomic mass is 16.5. The first-order valence-electron chi connectivity index (χ1n) is 6.18. The van der Waals surface area contributed by atoms with Crippen molar-refractivity contribution in [2.75, 3.05) is 7.11 Å². The number of aromatic nitrogens is 1. The fourth-order valence-electron chi connectivity index (χ4n) is 1.87. The number of methoxy groups -OCH3 is 1. The predicted octanol–water partition coefficient (Wildman–Crippen LogP) is 2.60. The molecule has 0 amide bonds. The van der Waals surface area contributed by atoms with Gasteiger partial charge in [-0.15, -0.1) is 0 Å². The highest BCUT2D eigenvalue weighted by Crippen LogP contribution is 2.28. The largest absolute Gasteiger partial charge is 0.496 e. The van der Waals surface area contributed by atoms with E-state index in [0.29, 0.717) is 11.9 Å². The molecule has 0 unspecified atom stereocenters. The summed E-state index contributed by atoms with van der Waals surface area (Å²) in [7, 11) is 1.65. The summed E-state index contributed by atoms with van der Waals surface area (Å²) in [6, 6.07) is 8.41. The van der Waals surface area contributed by atoms with E-state index >= 15 is 0 Å². The molecule has 4 heteroatoms. The van der Waals surface area contributed by atoms with Crippen LogP contribution in [-0.2, 0) is 6.54 Å². The van der Waals surface area contributed by atoms with Crippen molar-refractivity contribution in [2.24, 2.45) is 0 Å². The zero-order valence-corrected chi connectivity index (χ0v) is 10.3. The second-order valence-corrected chi connectivity index (χ2v) is 4.50. The summed E-state index contributed by atoms with van der Waals surface area (Å²) < 4.78 is 10.8. The lowest BCUT2D eigenvalue weighted by Crippen LogP contribution is -2.15. The van der Waals surface area contributed by atoms with Gasteiger partial charge in [-0.2, -0.15) is 0 Å². The van der Waals surface area contributed by atoms with Gasteiger partial charge >= 0.3 is 0 Å². The van der Waals surface area contributed by atoms with Crippen molar-refractivity contribution in [3.8, 4) is 17.2 Å². The molecule has 0 atom stereocenters. The Balaban J connectivity index is 1.78. The van der Waals surface area contributed by atoms with Crippen LogP contribution in [-0.4, -0.2) is 18.1 Å². The van der Waals surface area contributed by atoms with E-state index < -0.39 is 0 Å². The Morgan fingerprint density at radius 3 is 3.00 bits per heavy atom. The molecule has 1 aromatic carbocycles. The molecule has 94 valence electrons. The molecule has 1 aromatic heterocycles. The van der Waals surface area contributed by atoms with E-state index in [0.717, 1.165) is 23.6 Å². The zero-order valence-electron chi connectivity index (χ0n) is 10.3. The van der Waals surface area contributed by atoms with Gasteiger partial charge in [-0.05, 0) is 25.0 Å². The topological polar surface area (TPSA) is 47.3 Å². The molecule has 0 bridgehead atoms. The lowest BCUT2D eigenvalue weighted by molar-refractivity contribution is 0.414. The van der Waals surface area contributed by atoms with Crippen LogP contribution < -0.4 is 10.1 Å². The molecular formula is C14H16N2O2. The van der Waals surface area contributed by atoms with Gasteiger partial charge < -0.3 is 14.5 Å². The van der Waals surface area contributed by atoms with E-state index in [-0.39, 0.29) is 0 Å². The first-order chi connectivity index (χ1) is 8.86. The molecule has 2 aromatic rings. The minimum Gasteiger partial charge on any atom is -0.496 e. The monoisotopic (exact) mass is 244 g/mol. The minimum atomic E-state index is 0.611. The van der Waals surface area contributed by atoms with Gasteiger partial charge in [0.2, 0.25) is 5.89 Å². The van der Waals surface area contributed by atoms with Crippen LogP contribution in [0.15, 0.2) is 34.9 Å². The predicted molar refractivity (Wildman–Crippen MR) is 68.4 cm³/mol. The Kier molecular flexibility index (Phi) is 3.02. The van der Waals surface area contributed by atoms with Crippen LogP contribution in [0.3, 0.4) is 0 Å². The van der Waals surface area contributed by atoms with Gasteiger partial charge in [-0.25, -0.2) is 4.98 Å². The molecule has 3 rings (SSSR count). The Bertz CT molecular complexity index is 532. The van der Waals surface area contributed by atoms with Crippen LogP contribution in [0.1, 0.15) is 18.5 Å². The summed E-state index contributed by atoms with van der Waals surface area (Å²) in [5.41, 5.74) is 1.82. The summed E-state index contributed by atoms with van der Waals surface area (Å²) in [6.07, 6.45) is 4.26. The Labute approximate surface area is 106 Å². The molecule has 1 aliphatic rings. The quantitative estimate of drug-likeness (QED) is 0.878. The Morgan fingerprint density at radius 2 is 2.22 bits per heavy atom. The SMILES string of the molecule is COc1ccccc1-c1nc(CNC2CC2)co1. The van der Waals surface area contributed by atoms with Crippen LogP contribution in [0.4, 0.5) is 0 Å². The molecular weight excluding hydrogens is 228 g/mol. The van der Waals surface area contributed by atoms with Crippen molar-refractivity contribution in [1.29, 1.82) is 0 Å². The summed E-state index contributed by atoms with van der Waals surface area (Å²) in [5, 5.41) is 3.41. The third kappa shape index (κ3) is 2.38. The number of nitrogens with one attached hydrogen (secondary N) is 1. The fraction of sp³-hybridized carbons (Fsp3) is 0.357. The molecule has 0 spiro atoms. The average molecular weight is 244 g/mol. The first kappa shape index (κ1) is 11.3. The standard InChI is InChI=1S/C14H16N2O2/c1-17-13-5-3-2-4-12(13)14-16-11(9-18-14)8-15-10-6-7-10/h2-5,9-10,15H,6-8H2,1H3. The van der Waals surface area contributed by atoms with Gasteiger partial charge in [0.1, 0.15) is 12.0 Å². The number of oxazole rings is 1. The normalized spacial score (nSPS) is 14.7. The smallest absolute Gasteiger partial charge is 0.229 e. The number of hydrogen-bond acceptors (Lipinski definition) is 4. The number of benzene rings is 1. The zero-order chi connectivity index (χ0) is 12.4. The Morgan fingerprint density at radius 1 is 1.39 bits per heavy atom. The maximum absolute atomic E-state index is 5.51. The van der Waals surface area contributed by atoms with E-state index in [4.69, 9.17) is 9.15 Å². The molecule has 18 heavy (non-hydrogen) atoms. The maximum Gasteiger partial charge on any atom is 0.229 e. The van der Waals surface area contributed by atoms with Crippen LogP contribution in [0.25, 0.3) is 11.5 Å². The first-order valence-corrected chi connectivity index (χ1v) is 6.18. The molecule has 1 saturated carbocycles. The molecule has 1 N–H and O–H groups in total. The van der Waals surface area contributed by atoms with Gasteiger partial charge in [0.25, 0.3) is 0 Å². The van der Waals surface area contributed by atoms with E-state index in [1.807, 2.05) is 24.3 Å². The van der Waals surface area contributed by atoms with Gasteiger partial charge in [0.15, 0.2) is 0 Å². The van der Waals surface area contributed by atoms with Crippen molar-refractivity contribution >= 4 is 0 Å². The maximum atomic E-state index is 5.51. The second kappa shape index (κ2) is 4.82. The lowest BCUT2D eigenvalue weighted by atomic mass is 10.2. The van der Waals surface area contributed by atoms with Crippen molar-refractivity contribution in [3.05, 3.63) is 36.2 Å². The van der Waals surface area contributed by atoms with Crippen molar-refractivity contribution in [1.82, 2.24) is 10.3 Å². The number of hydrogen-bond donors (Lipinski definition) is 1.